The second kappa shape index (κ2) is 8.87. The van der Waals surface area contributed by atoms with E-state index in [2.05, 4.69) is 62.3 Å². The second-order valence-electron chi connectivity index (χ2n) is 10.8. The van der Waals surface area contributed by atoms with E-state index in [0.29, 0.717) is 18.2 Å². The van der Waals surface area contributed by atoms with Gasteiger partial charge in [0.15, 0.2) is 0 Å². The zero-order valence-corrected chi connectivity index (χ0v) is 20.3. The first-order valence-electron chi connectivity index (χ1n) is 12.2. The maximum absolute atomic E-state index is 11.2. The molecule has 0 radical (unpaired) electrons. The Morgan fingerprint density at radius 3 is 2.75 bits per heavy atom. The zero-order chi connectivity index (χ0) is 22.9. The average molecular weight is 439 g/mol. The van der Waals surface area contributed by atoms with Gasteiger partial charge in [-0.25, -0.2) is 4.68 Å². The number of phenolic OH excluding ortho intramolecular Hbond substituents is 1. The summed E-state index contributed by atoms with van der Waals surface area (Å²) in [5.41, 5.74) is 3.16. The lowest BCUT2D eigenvalue weighted by Crippen LogP contribution is -2.45. The van der Waals surface area contributed by atoms with Crippen LogP contribution in [0.4, 0.5) is 0 Å². The fourth-order valence-corrected chi connectivity index (χ4v) is 5.58. The third kappa shape index (κ3) is 4.55. The molecule has 6 heteroatoms. The molecule has 4 rings (SSSR count). The van der Waals surface area contributed by atoms with Crippen LogP contribution < -0.4 is 4.74 Å². The first-order valence-corrected chi connectivity index (χ1v) is 12.2. The molecule has 0 fully saturated rings. The lowest BCUT2D eigenvalue weighted by Gasteiger charge is -2.47. The molecule has 2 aliphatic rings. The lowest BCUT2D eigenvalue weighted by atomic mass is 9.66. The summed E-state index contributed by atoms with van der Waals surface area (Å²) < 4.78 is 8.33. The van der Waals surface area contributed by atoms with Crippen LogP contribution in [0.1, 0.15) is 96.6 Å². The van der Waals surface area contributed by atoms with Gasteiger partial charge in [0.05, 0.1) is 6.54 Å². The van der Waals surface area contributed by atoms with Crippen molar-refractivity contribution in [3.8, 4) is 11.5 Å². The van der Waals surface area contributed by atoms with Gasteiger partial charge in [-0.3, -0.25) is 0 Å². The maximum Gasteiger partial charge on any atom is 0.138 e. The Bertz CT molecular complexity index is 962. The smallest absolute Gasteiger partial charge is 0.138 e. The Morgan fingerprint density at radius 2 is 2.03 bits per heavy atom. The fraction of sp³-hybridized carbons (Fsp3) is 0.654. The van der Waals surface area contributed by atoms with Crippen LogP contribution in [0.5, 0.6) is 11.5 Å². The molecule has 2 atom stereocenters. The summed E-state index contributed by atoms with van der Waals surface area (Å²) in [5, 5.41) is 22.7. The number of tetrazole rings is 1. The van der Waals surface area contributed by atoms with Gasteiger partial charge < -0.3 is 9.84 Å². The molecule has 2 aromatic rings. The molecule has 0 saturated carbocycles. The number of allylic oxidation sites excluding steroid dienone is 2. The molecule has 174 valence electrons. The van der Waals surface area contributed by atoms with Gasteiger partial charge in [-0.1, -0.05) is 58.1 Å². The van der Waals surface area contributed by atoms with Gasteiger partial charge in [0, 0.05) is 17.4 Å². The van der Waals surface area contributed by atoms with E-state index in [1.807, 2.05) is 6.07 Å². The summed E-state index contributed by atoms with van der Waals surface area (Å²) in [6.45, 7) is 11.9. The molecular formula is C26H38N4O2. The fourth-order valence-electron chi connectivity index (χ4n) is 5.58. The molecule has 1 aromatic heterocycles. The average Bonchev–Trinajstić information content (AvgIpc) is 3.23. The minimum absolute atomic E-state index is 0.00230. The number of unbranched alkanes of at least 4 members (excludes halogenated alkanes) is 3. The van der Waals surface area contributed by atoms with E-state index in [1.54, 1.807) is 11.0 Å². The topological polar surface area (TPSA) is 73.1 Å². The summed E-state index contributed by atoms with van der Waals surface area (Å²) in [6.07, 6.45) is 11.9. The SMILES string of the molecule is CCCCCCC(C)(C)c1cc(O)c2c(c1)OC(C)(C)[C@H]1CC=C(Cn3cnnn3)CC21. The normalized spacial score (nSPS) is 22.0. The van der Waals surface area contributed by atoms with Crippen LogP contribution in [0.15, 0.2) is 30.1 Å². The Morgan fingerprint density at radius 1 is 1.22 bits per heavy atom. The second-order valence-corrected chi connectivity index (χ2v) is 10.8. The number of rotatable bonds is 8. The van der Waals surface area contributed by atoms with E-state index in [4.69, 9.17) is 4.74 Å². The summed E-state index contributed by atoms with van der Waals surface area (Å²) in [6, 6.07) is 4.20. The first kappa shape index (κ1) is 22.8. The maximum atomic E-state index is 11.2. The van der Waals surface area contributed by atoms with Gasteiger partial charge in [-0.2, -0.15) is 0 Å². The zero-order valence-electron chi connectivity index (χ0n) is 20.3. The Kier molecular flexibility index (Phi) is 6.33. The molecule has 0 bridgehead atoms. The number of ether oxygens (including phenoxy) is 1. The summed E-state index contributed by atoms with van der Waals surface area (Å²) in [5.74, 6) is 1.79. The predicted octanol–water partition coefficient (Wildman–Crippen LogP) is 5.92. The quantitative estimate of drug-likeness (QED) is 0.409. The van der Waals surface area contributed by atoms with Crippen molar-refractivity contribution in [2.45, 2.75) is 103 Å². The molecular weight excluding hydrogens is 400 g/mol. The number of phenols is 1. The van der Waals surface area contributed by atoms with Crippen LogP contribution in [-0.2, 0) is 12.0 Å². The van der Waals surface area contributed by atoms with Crippen LogP contribution in [0.3, 0.4) is 0 Å². The molecule has 1 aliphatic heterocycles. The van der Waals surface area contributed by atoms with Gasteiger partial charge >= 0.3 is 0 Å². The van der Waals surface area contributed by atoms with E-state index in [9.17, 15) is 5.11 Å². The molecule has 1 unspecified atom stereocenters. The van der Waals surface area contributed by atoms with Crippen molar-refractivity contribution in [3.05, 3.63) is 41.2 Å². The minimum atomic E-state index is -0.287. The molecule has 32 heavy (non-hydrogen) atoms. The molecule has 0 amide bonds. The number of benzene rings is 1. The number of aromatic hydroxyl groups is 1. The standard InChI is InChI=1S/C26H38N4O2/c1-6-7-8-9-12-25(2,3)19-14-22(31)24-20-13-18(16-30-17-27-28-29-30)10-11-21(20)26(4,5)32-23(24)15-19/h10,14-15,17,20-21,31H,6-9,11-13,16H2,1-5H3/t20?,21-/m0/s1. The monoisotopic (exact) mass is 438 g/mol. The summed E-state index contributed by atoms with van der Waals surface area (Å²) >= 11 is 0. The van der Waals surface area contributed by atoms with E-state index in [1.165, 1.54) is 36.8 Å². The van der Waals surface area contributed by atoms with Crippen molar-refractivity contribution in [1.29, 1.82) is 0 Å². The third-order valence-electron chi connectivity index (χ3n) is 7.58. The summed E-state index contributed by atoms with van der Waals surface area (Å²) in [7, 11) is 0. The van der Waals surface area contributed by atoms with Gasteiger partial charge in [-0.15, -0.1) is 5.10 Å². The molecule has 2 heterocycles. The highest BCUT2D eigenvalue weighted by atomic mass is 16.5. The number of nitrogens with zero attached hydrogens (tertiary/aromatic N) is 4. The number of fused-ring (bicyclic) bond motifs is 3. The van der Waals surface area contributed by atoms with Crippen LogP contribution in [0.2, 0.25) is 0 Å². The van der Waals surface area contributed by atoms with E-state index < -0.39 is 0 Å². The van der Waals surface area contributed by atoms with Crippen LogP contribution >= 0.6 is 0 Å². The first-order chi connectivity index (χ1) is 15.2. The largest absolute Gasteiger partial charge is 0.508 e. The van der Waals surface area contributed by atoms with Gasteiger partial charge in [-0.05, 0) is 66.6 Å². The number of hydrogen-bond acceptors (Lipinski definition) is 5. The van der Waals surface area contributed by atoms with Crippen molar-refractivity contribution < 1.29 is 9.84 Å². The lowest BCUT2D eigenvalue weighted by molar-refractivity contribution is 0.00704. The van der Waals surface area contributed by atoms with Gasteiger partial charge in [0.1, 0.15) is 23.4 Å². The minimum Gasteiger partial charge on any atom is -0.508 e. The molecule has 6 nitrogen and oxygen atoms in total. The van der Waals surface area contributed by atoms with Crippen molar-refractivity contribution in [3.63, 3.8) is 0 Å². The predicted molar refractivity (Wildman–Crippen MR) is 126 cm³/mol. The van der Waals surface area contributed by atoms with E-state index in [-0.39, 0.29) is 16.9 Å². The molecule has 1 aliphatic carbocycles. The van der Waals surface area contributed by atoms with Gasteiger partial charge in [0.2, 0.25) is 0 Å². The summed E-state index contributed by atoms with van der Waals surface area (Å²) in [4.78, 5) is 0. The highest BCUT2D eigenvalue weighted by Crippen LogP contribution is 2.55. The molecule has 0 spiro atoms. The van der Waals surface area contributed by atoms with E-state index >= 15 is 0 Å². The van der Waals surface area contributed by atoms with Crippen LogP contribution in [0, 0.1) is 5.92 Å². The van der Waals surface area contributed by atoms with Crippen molar-refractivity contribution in [1.82, 2.24) is 20.2 Å². The van der Waals surface area contributed by atoms with Crippen LogP contribution in [-0.4, -0.2) is 30.9 Å². The highest BCUT2D eigenvalue weighted by Gasteiger charge is 2.46. The number of aromatic nitrogens is 4. The van der Waals surface area contributed by atoms with Crippen molar-refractivity contribution in [2.75, 3.05) is 0 Å². The van der Waals surface area contributed by atoms with Gasteiger partial charge in [0.25, 0.3) is 0 Å². The Labute approximate surface area is 192 Å². The van der Waals surface area contributed by atoms with Crippen LogP contribution in [0.25, 0.3) is 0 Å². The van der Waals surface area contributed by atoms with Crippen molar-refractivity contribution in [2.24, 2.45) is 5.92 Å². The Hall–Kier alpha value is -2.37. The molecule has 0 saturated heterocycles. The Balaban J connectivity index is 1.62. The third-order valence-corrected chi connectivity index (χ3v) is 7.58. The molecule has 1 aromatic carbocycles. The van der Waals surface area contributed by atoms with E-state index in [0.717, 1.165) is 30.6 Å². The molecule has 1 N–H and O–H groups in total. The van der Waals surface area contributed by atoms with Crippen molar-refractivity contribution >= 4 is 0 Å². The number of hydrogen-bond donors (Lipinski definition) is 1. The highest BCUT2D eigenvalue weighted by molar-refractivity contribution is 5.54.